The third kappa shape index (κ3) is 3.75. The number of methoxy groups -OCH3 is 1. The van der Waals surface area contributed by atoms with Gasteiger partial charge in [-0.1, -0.05) is 29.8 Å². The van der Waals surface area contributed by atoms with E-state index in [9.17, 15) is 4.79 Å². The van der Waals surface area contributed by atoms with Crippen molar-refractivity contribution < 1.29 is 9.53 Å². The largest absolute Gasteiger partial charge is 0.496 e. The van der Waals surface area contributed by atoms with E-state index in [1.54, 1.807) is 7.11 Å². The number of hydrogen-bond acceptors (Lipinski definition) is 2. The first kappa shape index (κ1) is 15.8. The molecule has 0 radical (unpaired) electrons. The van der Waals surface area contributed by atoms with E-state index >= 15 is 0 Å². The quantitative estimate of drug-likeness (QED) is 0.792. The lowest BCUT2D eigenvalue weighted by Gasteiger charge is -2.17. The molecule has 0 spiro atoms. The van der Waals surface area contributed by atoms with Crippen molar-refractivity contribution in [3.05, 3.63) is 62.7 Å². The average molecular weight is 395 g/mol. The van der Waals surface area contributed by atoms with Crippen molar-refractivity contribution in [1.82, 2.24) is 5.32 Å². The topological polar surface area (TPSA) is 38.3 Å². The van der Waals surface area contributed by atoms with Crippen LogP contribution in [0.1, 0.15) is 34.5 Å². The standard InChI is InChI=1S/C17H18INO2/c1-11-8-9-14(15(18)10-11)17(20)19-12(2)13-6-4-5-7-16(13)21-3/h4-10,12H,1-3H3,(H,19,20). The highest BCUT2D eigenvalue weighted by Gasteiger charge is 2.16. The lowest BCUT2D eigenvalue weighted by atomic mass is 10.1. The number of carbonyl (C=O) groups excluding carboxylic acids is 1. The Bertz CT molecular complexity index is 655. The molecule has 1 amide bonds. The van der Waals surface area contributed by atoms with Crippen LogP contribution in [0.25, 0.3) is 0 Å². The molecule has 0 heterocycles. The van der Waals surface area contributed by atoms with Gasteiger partial charge < -0.3 is 10.1 Å². The zero-order valence-corrected chi connectivity index (χ0v) is 14.5. The first-order chi connectivity index (χ1) is 10.0. The van der Waals surface area contributed by atoms with Gasteiger partial charge in [0.25, 0.3) is 5.91 Å². The molecule has 4 heteroatoms. The van der Waals surface area contributed by atoms with Gasteiger partial charge in [-0.25, -0.2) is 0 Å². The van der Waals surface area contributed by atoms with Crippen molar-refractivity contribution in [2.75, 3.05) is 7.11 Å². The number of rotatable bonds is 4. The molecular formula is C17H18INO2. The summed E-state index contributed by atoms with van der Waals surface area (Å²) < 4.78 is 6.30. The average Bonchev–Trinajstić information content (AvgIpc) is 2.46. The van der Waals surface area contributed by atoms with E-state index < -0.39 is 0 Å². The number of halogens is 1. The molecule has 3 nitrogen and oxygen atoms in total. The maximum atomic E-state index is 12.4. The highest BCUT2D eigenvalue weighted by molar-refractivity contribution is 14.1. The molecule has 21 heavy (non-hydrogen) atoms. The summed E-state index contributed by atoms with van der Waals surface area (Å²) in [5, 5.41) is 3.02. The molecule has 2 rings (SSSR count). The molecular weight excluding hydrogens is 377 g/mol. The van der Waals surface area contributed by atoms with Crippen LogP contribution in [0.2, 0.25) is 0 Å². The summed E-state index contributed by atoms with van der Waals surface area (Å²) in [5.41, 5.74) is 2.81. The molecule has 0 aliphatic rings. The second kappa shape index (κ2) is 6.93. The Kier molecular flexibility index (Phi) is 5.22. The monoisotopic (exact) mass is 395 g/mol. The van der Waals surface area contributed by atoms with Crippen LogP contribution in [0.4, 0.5) is 0 Å². The third-order valence-electron chi connectivity index (χ3n) is 3.32. The van der Waals surface area contributed by atoms with Crippen LogP contribution in [-0.4, -0.2) is 13.0 Å². The van der Waals surface area contributed by atoms with E-state index in [0.29, 0.717) is 5.56 Å². The maximum Gasteiger partial charge on any atom is 0.252 e. The number of amides is 1. The molecule has 0 saturated carbocycles. The fraction of sp³-hybridized carbons (Fsp3) is 0.235. The molecule has 0 fully saturated rings. The van der Waals surface area contributed by atoms with Gasteiger partial charge in [-0.3, -0.25) is 4.79 Å². The molecule has 0 aliphatic carbocycles. The number of hydrogen-bond donors (Lipinski definition) is 1. The van der Waals surface area contributed by atoms with Gasteiger partial charge in [-0.15, -0.1) is 0 Å². The van der Waals surface area contributed by atoms with Crippen LogP contribution in [0.15, 0.2) is 42.5 Å². The Balaban J connectivity index is 2.19. The van der Waals surface area contributed by atoms with E-state index in [-0.39, 0.29) is 11.9 Å². The molecule has 1 unspecified atom stereocenters. The summed E-state index contributed by atoms with van der Waals surface area (Å²) in [4.78, 5) is 12.4. The first-order valence-corrected chi connectivity index (χ1v) is 7.80. The van der Waals surface area contributed by atoms with Crippen molar-refractivity contribution in [3.63, 3.8) is 0 Å². The molecule has 0 aromatic heterocycles. The van der Waals surface area contributed by atoms with Crippen LogP contribution in [-0.2, 0) is 0 Å². The Hall–Kier alpha value is -1.56. The SMILES string of the molecule is COc1ccccc1C(C)NC(=O)c1ccc(C)cc1I. The summed E-state index contributed by atoms with van der Waals surface area (Å²) in [6, 6.07) is 13.4. The minimum atomic E-state index is -0.120. The predicted molar refractivity (Wildman–Crippen MR) is 92.8 cm³/mol. The Morgan fingerprint density at radius 2 is 1.95 bits per heavy atom. The van der Waals surface area contributed by atoms with Gasteiger partial charge in [0, 0.05) is 9.13 Å². The summed E-state index contributed by atoms with van der Waals surface area (Å²) in [5.74, 6) is 0.710. The highest BCUT2D eigenvalue weighted by Crippen LogP contribution is 2.25. The second-order valence-corrected chi connectivity index (χ2v) is 6.08. The van der Waals surface area contributed by atoms with Crippen molar-refractivity contribution in [1.29, 1.82) is 0 Å². The van der Waals surface area contributed by atoms with E-state index in [2.05, 4.69) is 27.9 Å². The van der Waals surface area contributed by atoms with Gasteiger partial charge >= 0.3 is 0 Å². The van der Waals surface area contributed by atoms with E-state index in [0.717, 1.165) is 20.4 Å². The molecule has 0 bridgehead atoms. The molecule has 2 aromatic rings. The van der Waals surface area contributed by atoms with Crippen molar-refractivity contribution >= 4 is 28.5 Å². The molecule has 1 atom stereocenters. The van der Waals surface area contributed by atoms with E-state index in [1.165, 1.54) is 0 Å². The van der Waals surface area contributed by atoms with Gasteiger partial charge in [0.1, 0.15) is 5.75 Å². The molecule has 0 saturated heterocycles. The predicted octanol–water partition coefficient (Wildman–Crippen LogP) is 4.10. The van der Waals surface area contributed by atoms with Crippen LogP contribution < -0.4 is 10.1 Å². The molecule has 2 aromatic carbocycles. The number of benzene rings is 2. The van der Waals surface area contributed by atoms with Gasteiger partial charge in [-0.05, 0) is 54.6 Å². The Morgan fingerprint density at radius 1 is 1.24 bits per heavy atom. The van der Waals surface area contributed by atoms with E-state index in [1.807, 2.05) is 56.3 Å². The lowest BCUT2D eigenvalue weighted by Crippen LogP contribution is -2.27. The summed E-state index contributed by atoms with van der Waals surface area (Å²) in [6.07, 6.45) is 0. The minimum Gasteiger partial charge on any atom is -0.496 e. The van der Waals surface area contributed by atoms with Crippen LogP contribution in [0.5, 0.6) is 5.75 Å². The van der Waals surface area contributed by atoms with Gasteiger partial charge in [0.2, 0.25) is 0 Å². The summed E-state index contributed by atoms with van der Waals surface area (Å²) in [6.45, 7) is 3.97. The lowest BCUT2D eigenvalue weighted by molar-refractivity contribution is 0.0938. The van der Waals surface area contributed by atoms with Gasteiger partial charge in [0.05, 0.1) is 18.7 Å². The third-order valence-corrected chi connectivity index (χ3v) is 4.21. The van der Waals surface area contributed by atoms with Crippen LogP contribution in [0, 0.1) is 10.5 Å². The maximum absolute atomic E-state index is 12.4. The Morgan fingerprint density at radius 3 is 2.62 bits per heavy atom. The first-order valence-electron chi connectivity index (χ1n) is 6.73. The number of nitrogens with one attached hydrogen (secondary N) is 1. The molecule has 1 N–H and O–H groups in total. The minimum absolute atomic E-state index is 0.0715. The zero-order chi connectivity index (χ0) is 15.4. The number of para-hydroxylation sites is 1. The Labute approximate surface area is 138 Å². The number of ether oxygens (including phenoxy) is 1. The summed E-state index contributed by atoms with van der Waals surface area (Å²) >= 11 is 2.19. The van der Waals surface area contributed by atoms with Crippen LogP contribution in [0.3, 0.4) is 0 Å². The highest BCUT2D eigenvalue weighted by atomic mass is 127. The number of aryl methyl sites for hydroxylation is 1. The van der Waals surface area contributed by atoms with Gasteiger partial charge in [-0.2, -0.15) is 0 Å². The van der Waals surface area contributed by atoms with Crippen molar-refractivity contribution in [2.24, 2.45) is 0 Å². The summed E-state index contributed by atoms with van der Waals surface area (Å²) in [7, 11) is 1.64. The fourth-order valence-corrected chi connectivity index (χ4v) is 3.10. The number of carbonyl (C=O) groups is 1. The molecule has 110 valence electrons. The van der Waals surface area contributed by atoms with Crippen molar-refractivity contribution in [3.8, 4) is 5.75 Å². The van der Waals surface area contributed by atoms with E-state index in [4.69, 9.17) is 4.74 Å². The van der Waals surface area contributed by atoms with Crippen molar-refractivity contribution in [2.45, 2.75) is 19.9 Å². The fourth-order valence-electron chi connectivity index (χ4n) is 2.18. The zero-order valence-electron chi connectivity index (χ0n) is 12.3. The smallest absolute Gasteiger partial charge is 0.252 e. The van der Waals surface area contributed by atoms with Crippen LogP contribution >= 0.6 is 22.6 Å². The molecule has 0 aliphatic heterocycles. The normalized spacial score (nSPS) is 11.8. The second-order valence-electron chi connectivity index (χ2n) is 4.92. The van der Waals surface area contributed by atoms with Gasteiger partial charge in [0.15, 0.2) is 0 Å².